The van der Waals surface area contributed by atoms with Crippen molar-refractivity contribution in [2.75, 3.05) is 0 Å². The summed E-state index contributed by atoms with van der Waals surface area (Å²) in [6.07, 6.45) is 2.08. The summed E-state index contributed by atoms with van der Waals surface area (Å²) in [5.41, 5.74) is -0.152. The van der Waals surface area contributed by atoms with E-state index in [0.717, 1.165) is 0 Å². The molecule has 0 amide bonds. The summed E-state index contributed by atoms with van der Waals surface area (Å²) in [6, 6.07) is 0. The topological polar surface area (TPSA) is 68.3 Å². The Hall–Kier alpha value is -0.736. The second kappa shape index (κ2) is 3.44. The maximum absolute atomic E-state index is 11.1. The van der Waals surface area contributed by atoms with Crippen molar-refractivity contribution in [2.24, 2.45) is 0 Å². The van der Waals surface area contributed by atoms with Gasteiger partial charge in [-0.3, -0.25) is 4.79 Å². The Morgan fingerprint density at radius 1 is 0.929 bits per heavy atom. The van der Waals surface area contributed by atoms with Crippen LogP contribution in [0.4, 0.5) is 0 Å². The number of ketones is 4. The molecule has 0 heterocycles. The normalized spacial score (nSPS) is 19.9. The Bertz CT molecular complexity index is 453. The molecule has 0 unspecified atom stereocenters. The van der Waals surface area contributed by atoms with E-state index >= 15 is 0 Å². The molecule has 0 atom stereocenters. The van der Waals surface area contributed by atoms with Crippen LogP contribution in [-0.4, -0.2) is 23.1 Å². The Kier molecular flexibility index (Phi) is 2.79. The zero-order valence-corrected chi connectivity index (χ0v) is 10.0. The van der Waals surface area contributed by atoms with Crippen LogP contribution in [0, 0.1) is 6.08 Å². The van der Waals surface area contributed by atoms with Gasteiger partial charge in [0.15, 0.2) is 5.78 Å². The minimum Gasteiger partial charge on any atom is -0.353 e. The number of carbonyl (C=O) groups is 4. The molecule has 5 heteroatoms. The van der Waals surface area contributed by atoms with Gasteiger partial charge in [0, 0.05) is 32.7 Å². The van der Waals surface area contributed by atoms with Crippen LogP contribution >= 0.6 is 0 Å². The standard InChI is InChI=1S/C9H3O4.Y/c1-3-6-4(8(12)7(3)11)2-5(10)9(6)13;/h1H3;/q-1;. The molecule has 0 bridgehead atoms. The first-order valence-electron chi connectivity index (χ1n) is 3.57. The van der Waals surface area contributed by atoms with E-state index in [9.17, 15) is 19.2 Å². The molecule has 14 heavy (non-hydrogen) atoms. The largest absolute Gasteiger partial charge is 0.353 e. The van der Waals surface area contributed by atoms with Crippen LogP contribution in [0.25, 0.3) is 0 Å². The fourth-order valence-corrected chi connectivity index (χ4v) is 1.39. The van der Waals surface area contributed by atoms with E-state index in [2.05, 4.69) is 6.08 Å². The minimum atomic E-state index is -0.842. The van der Waals surface area contributed by atoms with Crippen molar-refractivity contribution < 1.29 is 51.9 Å². The molecule has 0 saturated heterocycles. The van der Waals surface area contributed by atoms with E-state index in [1.807, 2.05) is 0 Å². The minimum absolute atomic E-state index is 0. The molecule has 1 radical (unpaired) electrons. The predicted molar refractivity (Wildman–Crippen MR) is 39.5 cm³/mol. The van der Waals surface area contributed by atoms with Crippen LogP contribution < -0.4 is 0 Å². The fraction of sp³-hybridized carbons (Fsp3) is 0.111. The van der Waals surface area contributed by atoms with Gasteiger partial charge in [0.1, 0.15) is 17.3 Å². The maximum Gasteiger partial charge on any atom is 0.178 e. The smallest absolute Gasteiger partial charge is 0.178 e. The van der Waals surface area contributed by atoms with Crippen molar-refractivity contribution in [3.05, 3.63) is 22.8 Å². The summed E-state index contributed by atoms with van der Waals surface area (Å²) in [5, 5.41) is 0. The maximum atomic E-state index is 11.1. The molecule has 0 aromatic heterocycles. The van der Waals surface area contributed by atoms with Gasteiger partial charge in [-0.2, -0.15) is 0 Å². The number of Topliss-reactive ketones (excluding diaryl/α,β-unsaturated/α-hetero) is 4. The van der Waals surface area contributed by atoms with E-state index in [1.165, 1.54) is 6.92 Å². The number of hydrogen-bond acceptors (Lipinski definition) is 4. The van der Waals surface area contributed by atoms with E-state index in [4.69, 9.17) is 0 Å². The van der Waals surface area contributed by atoms with Crippen molar-refractivity contribution in [2.45, 2.75) is 6.92 Å². The van der Waals surface area contributed by atoms with Crippen LogP contribution in [0.3, 0.4) is 0 Å². The van der Waals surface area contributed by atoms with Crippen LogP contribution in [0.5, 0.6) is 0 Å². The van der Waals surface area contributed by atoms with E-state index in [-0.39, 0.29) is 49.4 Å². The van der Waals surface area contributed by atoms with Gasteiger partial charge >= 0.3 is 0 Å². The second-order valence-electron chi connectivity index (χ2n) is 2.82. The number of hydrogen-bond donors (Lipinski definition) is 0. The van der Waals surface area contributed by atoms with Gasteiger partial charge in [0.25, 0.3) is 0 Å². The zero-order chi connectivity index (χ0) is 9.75. The first kappa shape index (κ1) is 11.3. The third kappa shape index (κ3) is 1.21. The number of rotatable bonds is 0. The van der Waals surface area contributed by atoms with Crippen molar-refractivity contribution >= 4 is 23.1 Å². The molecule has 67 valence electrons. The molecule has 0 saturated carbocycles. The molecule has 4 nitrogen and oxygen atoms in total. The van der Waals surface area contributed by atoms with E-state index in [1.54, 1.807) is 0 Å². The molecule has 0 aromatic carbocycles. The molecule has 0 aliphatic heterocycles. The first-order chi connectivity index (χ1) is 6.04. The number of allylic oxidation sites excluding steroid dienone is 4. The van der Waals surface area contributed by atoms with Gasteiger partial charge in [-0.05, 0) is 12.5 Å². The van der Waals surface area contributed by atoms with Gasteiger partial charge in [-0.15, -0.1) is 0 Å². The van der Waals surface area contributed by atoms with E-state index < -0.39 is 23.1 Å². The molecular formula is C9H3O4Y-. The third-order valence-corrected chi connectivity index (χ3v) is 2.07. The summed E-state index contributed by atoms with van der Waals surface area (Å²) in [6.45, 7) is 1.36. The molecule has 0 fully saturated rings. The fourth-order valence-electron chi connectivity index (χ4n) is 1.39. The van der Waals surface area contributed by atoms with Gasteiger partial charge in [0.05, 0.1) is 0 Å². The van der Waals surface area contributed by atoms with Gasteiger partial charge in [-0.25, -0.2) is 0 Å². The van der Waals surface area contributed by atoms with Crippen LogP contribution in [-0.2, 0) is 51.9 Å². The summed E-state index contributed by atoms with van der Waals surface area (Å²) < 4.78 is 0. The summed E-state index contributed by atoms with van der Waals surface area (Å²) in [5.74, 6) is -3.15. The first-order valence-corrected chi connectivity index (χ1v) is 3.57. The number of fused-ring (bicyclic) bond motifs is 1. The van der Waals surface area contributed by atoms with Crippen molar-refractivity contribution in [3.63, 3.8) is 0 Å². The van der Waals surface area contributed by atoms with Crippen molar-refractivity contribution in [1.82, 2.24) is 0 Å². The monoisotopic (exact) mass is 264 g/mol. The van der Waals surface area contributed by atoms with Gasteiger partial charge in [-0.1, -0.05) is 17.2 Å². The predicted octanol–water partition coefficient (Wildman–Crippen LogP) is -0.666. The quantitative estimate of drug-likeness (QED) is 0.430. The molecular weight excluding hydrogens is 261 g/mol. The average molecular weight is 264 g/mol. The molecule has 2 rings (SSSR count). The summed E-state index contributed by atoms with van der Waals surface area (Å²) >= 11 is 0. The Balaban J connectivity index is 0.000000980. The second-order valence-corrected chi connectivity index (χ2v) is 2.82. The molecule has 2 aliphatic rings. The molecule has 0 aromatic rings. The average Bonchev–Trinajstić information content (AvgIpc) is 2.48. The van der Waals surface area contributed by atoms with Crippen LogP contribution in [0.15, 0.2) is 16.7 Å². The van der Waals surface area contributed by atoms with Gasteiger partial charge in [0.2, 0.25) is 0 Å². The Morgan fingerprint density at radius 2 is 1.50 bits per heavy atom. The SMILES string of the molecule is CC1=C2C(=O)C(=O)[C-]=C2C(=O)C1=O.[Y]. The number of carbonyl (C=O) groups excluding carboxylic acids is 4. The Labute approximate surface area is 104 Å². The zero-order valence-electron chi connectivity index (χ0n) is 7.21. The van der Waals surface area contributed by atoms with Crippen LogP contribution in [0.1, 0.15) is 6.92 Å². The summed E-state index contributed by atoms with van der Waals surface area (Å²) in [4.78, 5) is 44.0. The van der Waals surface area contributed by atoms with Gasteiger partial charge < -0.3 is 14.4 Å². The molecule has 0 N–H and O–H groups in total. The van der Waals surface area contributed by atoms with E-state index in [0.29, 0.717) is 0 Å². The van der Waals surface area contributed by atoms with Crippen molar-refractivity contribution in [3.8, 4) is 0 Å². The third-order valence-electron chi connectivity index (χ3n) is 2.07. The van der Waals surface area contributed by atoms with Crippen molar-refractivity contribution in [1.29, 1.82) is 0 Å². The molecule has 0 spiro atoms. The van der Waals surface area contributed by atoms with Crippen LogP contribution in [0.2, 0.25) is 0 Å². The Morgan fingerprint density at radius 3 is 2.00 bits per heavy atom. The molecule has 2 aliphatic carbocycles. The summed E-state index contributed by atoms with van der Waals surface area (Å²) in [7, 11) is 0.